The van der Waals surface area contributed by atoms with Crippen LogP contribution in [-0.4, -0.2) is 26.3 Å². The van der Waals surface area contributed by atoms with Crippen molar-refractivity contribution in [1.82, 2.24) is 5.32 Å². The van der Waals surface area contributed by atoms with E-state index in [9.17, 15) is 0 Å². The van der Waals surface area contributed by atoms with Crippen molar-refractivity contribution in [3.63, 3.8) is 0 Å². The molecule has 0 bridgehead atoms. The van der Waals surface area contributed by atoms with Crippen LogP contribution in [0.1, 0.15) is 12.8 Å². The highest BCUT2D eigenvalue weighted by Gasteiger charge is 2.39. The fourth-order valence-electron chi connectivity index (χ4n) is 2.23. The molecule has 1 saturated carbocycles. The lowest BCUT2D eigenvalue weighted by Gasteiger charge is -2.31. The van der Waals surface area contributed by atoms with E-state index in [1.807, 2.05) is 0 Å². The van der Waals surface area contributed by atoms with Crippen LogP contribution in [0.4, 0.5) is 0 Å². The van der Waals surface area contributed by atoms with Crippen molar-refractivity contribution >= 4 is 12.4 Å². The first-order valence-electron chi connectivity index (χ1n) is 4.12. The Morgan fingerprint density at radius 1 is 1.45 bits per heavy atom. The Hall–Kier alpha value is 0.210. The Labute approximate surface area is 74.1 Å². The quantitative estimate of drug-likeness (QED) is 0.681. The Bertz CT molecular complexity index is 119. The zero-order valence-electron chi connectivity index (χ0n) is 6.88. The second kappa shape index (κ2) is 3.74. The zero-order valence-corrected chi connectivity index (χ0v) is 7.69. The summed E-state index contributed by atoms with van der Waals surface area (Å²) in [4.78, 5) is 0. The number of fused-ring (bicyclic) bond motifs is 1. The topological polar surface area (TPSA) is 21.3 Å². The van der Waals surface area contributed by atoms with Gasteiger partial charge >= 0.3 is 0 Å². The van der Waals surface area contributed by atoms with Gasteiger partial charge in [-0.05, 0) is 31.2 Å². The molecule has 1 heterocycles. The molecule has 0 amide bonds. The standard InChI is InChI=1S/C8H15NO.ClH/c1-10-5-6-2-7-4-9-8(7)3-6;/h6-9H,2-5H2,1H3;1H/t6-,7+,8+;/m1./s1. The summed E-state index contributed by atoms with van der Waals surface area (Å²) in [5.74, 6) is 1.83. The number of halogens is 1. The molecular formula is C8H16ClNO. The van der Waals surface area contributed by atoms with Crippen molar-refractivity contribution in [2.45, 2.75) is 18.9 Å². The summed E-state index contributed by atoms with van der Waals surface area (Å²) in [6, 6.07) is 0.847. The molecule has 0 unspecified atom stereocenters. The van der Waals surface area contributed by atoms with Gasteiger partial charge in [-0.3, -0.25) is 0 Å². The third-order valence-corrected chi connectivity index (χ3v) is 2.84. The van der Waals surface area contributed by atoms with Gasteiger partial charge in [-0.1, -0.05) is 0 Å². The normalized spacial score (nSPS) is 40.6. The van der Waals surface area contributed by atoms with E-state index in [1.165, 1.54) is 19.4 Å². The van der Waals surface area contributed by atoms with E-state index >= 15 is 0 Å². The number of hydrogen-bond donors (Lipinski definition) is 1. The number of ether oxygens (including phenoxy) is 1. The van der Waals surface area contributed by atoms with Gasteiger partial charge in [0.05, 0.1) is 0 Å². The van der Waals surface area contributed by atoms with Crippen molar-refractivity contribution in [3.05, 3.63) is 0 Å². The largest absolute Gasteiger partial charge is 0.384 e. The van der Waals surface area contributed by atoms with Gasteiger partial charge in [0.2, 0.25) is 0 Å². The van der Waals surface area contributed by atoms with Crippen molar-refractivity contribution in [3.8, 4) is 0 Å². The highest BCUT2D eigenvalue weighted by atomic mass is 35.5. The molecule has 1 aliphatic carbocycles. The van der Waals surface area contributed by atoms with Gasteiger partial charge < -0.3 is 10.1 Å². The third kappa shape index (κ3) is 1.68. The van der Waals surface area contributed by atoms with Crippen LogP contribution in [0.2, 0.25) is 0 Å². The summed E-state index contributed by atoms with van der Waals surface area (Å²) >= 11 is 0. The molecule has 0 radical (unpaired) electrons. The van der Waals surface area contributed by atoms with Gasteiger partial charge in [-0.15, -0.1) is 12.4 Å². The predicted octanol–water partition coefficient (Wildman–Crippen LogP) is 1.05. The molecule has 1 saturated heterocycles. The molecule has 2 rings (SSSR count). The van der Waals surface area contributed by atoms with Gasteiger partial charge in [-0.2, -0.15) is 0 Å². The molecule has 2 fully saturated rings. The van der Waals surface area contributed by atoms with Gasteiger partial charge in [0.15, 0.2) is 0 Å². The highest BCUT2D eigenvalue weighted by molar-refractivity contribution is 5.85. The lowest BCUT2D eigenvalue weighted by molar-refractivity contribution is 0.154. The van der Waals surface area contributed by atoms with E-state index in [-0.39, 0.29) is 12.4 Å². The molecular weight excluding hydrogens is 162 g/mol. The molecule has 0 aromatic heterocycles. The fraction of sp³-hybridized carbons (Fsp3) is 1.00. The van der Waals surface area contributed by atoms with Crippen molar-refractivity contribution in [2.75, 3.05) is 20.3 Å². The summed E-state index contributed by atoms with van der Waals surface area (Å²) in [7, 11) is 1.80. The van der Waals surface area contributed by atoms with Crippen molar-refractivity contribution in [2.24, 2.45) is 11.8 Å². The number of methoxy groups -OCH3 is 1. The minimum absolute atomic E-state index is 0. The molecule has 3 heteroatoms. The van der Waals surface area contributed by atoms with Crippen molar-refractivity contribution in [1.29, 1.82) is 0 Å². The molecule has 0 aromatic carbocycles. The number of hydrogen-bond acceptors (Lipinski definition) is 2. The monoisotopic (exact) mass is 177 g/mol. The van der Waals surface area contributed by atoms with E-state index in [2.05, 4.69) is 5.32 Å². The second-order valence-corrected chi connectivity index (χ2v) is 3.57. The Balaban J connectivity index is 0.000000605. The highest BCUT2D eigenvalue weighted by Crippen LogP contribution is 2.35. The molecule has 2 nitrogen and oxygen atoms in total. The molecule has 11 heavy (non-hydrogen) atoms. The molecule has 2 aliphatic rings. The molecule has 0 aromatic rings. The summed E-state index contributed by atoms with van der Waals surface area (Å²) in [6.45, 7) is 2.22. The Morgan fingerprint density at radius 2 is 2.27 bits per heavy atom. The van der Waals surface area contributed by atoms with Gasteiger partial charge in [0.25, 0.3) is 0 Å². The first kappa shape index (κ1) is 9.30. The third-order valence-electron chi connectivity index (χ3n) is 2.84. The minimum Gasteiger partial charge on any atom is -0.384 e. The fourth-order valence-corrected chi connectivity index (χ4v) is 2.23. The molecule has 1 N–H and O–H groups in total. The smallest absolute Gasteiger partial charge is 0.0491 e. The van der Waals surface area contributed by atoms with Crippen LogP contribution in [0.15, 0.2) is 0 Å². The van der Waals surface area contributed by atoms with Crippen LogP contribution in [0.5, 0.6) is 0 Å². The maximum absolute atomic E-state index is 5.12. The summed E-state index contributed by atoms with van der Waals surface area (Å²) in [5.41, 5.74) is 0. The van der Waals surface area contributed by atoms with E-state index in [1.54, 1.807) is 7.11 Å². The maximum atomic E-state index is 5.12. The Morgan fingerprint density at radius 3 is 2.64 bits per heavy atom. The van der Waals surface area contributed by atoms with Crippen LogP contribution in [0, 0.1) is 11.8 Å². The van der Waals surface area contributed by atoms with E-state index in [4.69, 9.17) is 4.74 Å². The van der Waals surface area contributed by atoms with Gasteiger partial charge in [0, 0.05) is 19.8 Å². The molecule has 66 valence electrons. The van der Waals surface area contributed by atoms with Crippen LogP contribution >= 0.6 is 12.4 Å². The van der Waals surface area contributed by atoms with Gasteiger partial charge in [-0.25, -0.2) is 0 Å². The second-order valence-electron chi connectivity index (χ2n) is 3.57. The van der Waals surface area contributed by atoms with E-state index in [0.717, 1.165) is 24.5 Å². The average Bonchev–Trinajstić information content (AvgIpc) is 2.14. The van der Waals surface area contributed by atoms with E-state index < -0.39 is 0 Å². The SMILES string of the molecule is COC[C@@H]1C[C@H]2CN[C@H]2C1.Cl. The summed E-state index contributed by atoms with van der Waals surface area (Å²) in [5, 5.41) is 3.44. The van der Waals surface area contributed by atoms with Crippen LogP contribution < -0.4 is 5.32 Å². The molecule has 3 atom stereocenters. The van der Waals surface area contributed by atoms with Crippen LogP contribution in [0.3, 0.4) is 0 Å². The summed E-state index contributed by atoms with van der Waals surface area (Å²) < 4.78 is 5.12. The van der Waals surface area contributed by atoms with Gasteiger partial charge in [0.1, 0.15) is 0 Å². The van der Waals surface area contributed by atoms with Crippen LogP contribution in [0.25, 0.3) is 0 Å². The lowest BCUT2D eigenvalue weighted by atomic mass is 9.96. The number of nitrogens with one attached hydrogen (secondary N) is 1. The summed E-state index contributed by atoms with van der Waals surface area (Å²) in [6.07, 6.45) is 2.74. The average molecular weight is 178 g/mol. The predicted molar refractivity (Wildman–Crippen MR) is 47.1 cm³/mol. The van der Waals surface area contributed by atoms with E-state index in [0.29, 0.717) is 0 Å². The lowest BCUT2D eigenvalue weighted by Crippen LogP contribution is -2.49. The first-order chi connectivity index (χ1) is 4.90. The Kier molecular flexibility index (Phi) is 3.16. The van der Waals surface area contributed by atoms with Crippen LogP contribution in [-0.2, 0) is 4.74 Å². The molecule has 0 spiro atoms. The zero-order chi connectivity index (χ0) is 6.97. The minimum atomic E-state index is 0. The molecule has 1 aliphatic heterocycles. The first-order valence-corrected chi connectivity index (χ1v) is 4.12. The van der Waals surface area contributed by atoms with Crippen molar-refractivity contribution < 1.29 is 4.74 Å². The number of rotatable bonds is 2. The maximum Gasteiger partial charge on any atom is 0.0491 e.